The fourth-order valence-corrected chi connectivity index (χ4v) is 3.16. The summed E-state index contributed by atoms with van der Waals surface area (Å²) in [5, 5.41) is 10.9. The summed E-state index contributed by atoms with van der Waals surface area (Å²) in [7, 11) is 1.44. The second kappa shape index (κ2) is 8.60. The molecule has 1 amide bonds. The van der Waals surface area contributed by atoms with Crippen molar-refractivity contribution in [3.63, 3.8) is 0 Å². The Kier molecular flexibility index (Phi) is 5.98. The second-order valence-electron chi connectivity index (χ2n) is 6.59. The lowest BCUT2D eigenvalue weighted by molar-refractivity contribution is -0.385. The van der Waals surface area contributed by atoms with Crippen LogP contribution in [0.2, 0.25) is 0 Å². The Balaban J connectivity index is 1.56. The average Bonchev–Trinajstić information content (AvgIpc) is 2.71. The van der Waals surface area contributed by atoms with E-state index in [1.807, 2.05) is 6.07 Å². The number of nitrogens with zero attached hydrogens (tertiary/aromatic N) is 3. The van der Waals surface area contributed by atoms with Gasteiger partial charge in [0.2, 0.25) is 0 Å². The highest BCUT2D eigenvalue weighted by atomic mass is 16.6. The first-order valence-electron chi connectivity index (χ1n) is 9.02. The molecule has 1 heterocycles. The van der Waals surface area contributed by atoms with Crippen molar-refractivity contribution in [3.8, 4) is 11.5 Å². The molecule has 8 nitrogen and oxygen atoms in total. The van der Waals surface area contributed by atoms with Crippen molar-refractivity contribution >= 4 is 17.3 Å². The highest BCUT2D eigenvalue weighted by molar-refractivity contribution is 5.78. The van der Waals surface area contributed by atoms with Crippen molar-refractivity contribution in [1.29, 1.82) is 0 Å². The van der Waals surface area contributed by atoms with Crippen LogP contribution in [0.3, 0.4) is 0 Å². The molecule has 0 aromatic heterocycles. The van der Waals surface area contributed by atoms with Crippen LogP contribution < -0.4 is 14.4 Å². The minimum Gasteiger partial charge on any atom is -0.493 e. The molecule has 28 heavy (non-hydrogen) atoms. The zero-order valence-electron chi connectivity index (χ0n) is 16.0. The van der Waals surface area contributed by atoms with Gasteiger partial charge >= 0.3 is 0 Å². The van der Waals surface area contributed by atoms with E-state index >= 15 is 0 Å². The monoisotopic (exact) mass is 385 g/mol. The topological polar surface area (TPSA) is 85.2 Å². The summed E-state index contributed by atoms with van der Waals surface area (Å²) < 4.78 is 10.7. The van der Waals surface area contributed by atoms with Crippen LogP contribution in [0.1, 0.15) is 5.56 Å². The van der Waals surface area contributed by atoms with Crippen LogP contribution in [-0.2, 0) is 4.79 Å². The number of anilines is 1. The molecule has 0 radical (unpaired) electrons. The normalized spacial score (nSPS) is 13.9. The molecule has 1 aliphatic heterocycles. The number of piperazine rings is 1. The number of hydrogen-bond donors (Lipinski definition) is 0. The lowest BCUT2D eigenvalue weighted by atomic mass is 10.2. The number of nitro groups is 1. The van der Waals surface area contributed by atoms with Gasteiger partial charge in [-0.1, -0.05) is 12.1 Å². The molecule has 1 fully saturated rings. The fourth-order valence-electron chi connectivity index (χ4n) is 3.16. The highest BCUT2D eigenvalue weighted by Crippen LogP contribution is 2.31. The van der Waals surface area contributed by atoms with Gasteiger partial charge in [-0.25, -0.2) is 0 Å². The summed E-state index contributed by atoms with van der Waals surface area (Å²) in [6, 6.07) is 12.3. The van der Waals surface area contributed by atoms with Gasteiger partial charge in [-0.2, -0.15) is 0 Å². The molecule has 0 spiro atoms. The number of benzene rings is 2. The van der Waals surface area contributed by atoms with Crippen LogP contribution in [0.5, 0.6) is 11.5 Å². The largest absolute Gasteiger partial charge is 0.493 e. The van der Waals surface area contributed by atoms with Crippen LogP contribution in [0.15, 0.2) is 42.5 Å². The number of carbonyl (C=O) groups is 1. The zero-order chi connectivity index (χ0) is 20.1. The first-order valence-corrected chi connectivity index (χ1v) is 9.02. The number of ether oxygens (including phenoxy) is 2. The minimum absolute atomic E-state index is 0.116. The predicted octanol–water partition coefficient (Wildman–Crippen LogP) is 2.64. The Bertz CT molecular complexity index is 863. The van der Waals surface area contributed by atoms with E-state index in [-0.39, 0.29) is 24.0 Å². The molecular formula is C20H23N3O5. The molecule has 0 saturated carbocycles. The van der Waals surface area contributed by atoms with E-state index in [1.165, 1.54) is 30.9 Å². The molecule has 3 rings (SSSR count). The van der Waals surface area contributed by atoms with Gasteiger partial charge in [-0.05, 0) is 30.7 Å². The second-order valence-corrected chi connectivity index (χ2v) is 6.59. The molecule has 0 unspecified atom stereocenters. The number of carbonyl (C=O) groups excluding carboxylic acids is 1. The maximum atomic E-state index is 12.5. The Morgan fingerprint density at radius 2 is 1.86 bits per heavy atom. The lowest BCUT2D eigenvalue weighted by Crippen LogP contribution is -2.50. The predicted molar refractivity (Wildman–Crippen MR) is 105 cm³/mol. The van der Waals surface area contributed by atoms with Gasteiger partial charge in [-0.3, -0.25) is 14.9 Å². The summed E-state index contributed by atoms with van der Waals surface area (Å²) in [6.45, 7) is 4.56. The van der Waals surface area contributed by atoms with Crippen molar-refractivity contribution in [1.82, 2.24) is 4.90 Å². The van der Waals surface area contributed by atoms with Gasteiger partial charge in [0.25, 0.3) is 11.6 Å². The molecule has 0 atom stereocenters. The van der Waals surface area contributed by atoms with Crippen LogP contribution in [-0.4, -0.2) is 55.6 Å². The van der Waals surface area contributed by atoms with Crippen LogP contribution in [0.25, 0.3) is 0 Å². The molecule has 8 heteroatoms. The third kappa shape index (κ3) is 4.51. The van der Waals surface area contributed by atoms with Crippen molar-refractivity contribution in [3.05, 3.63) is 58.1 Å². The molecular weight excluding hydrogens is 362 g/mol. The zero-order valence-corrected chi connectivity index (χ0v) is 16.0. The van der Waals surface area contributed by atoms with Crippen molar-refractivity contribution in [2.24, 2.45) is 0 Å². The van der Waals surface area contributed by atoms with Crippen LogP contribution >= 0.6 is 0 Å². The van der Waals surface area contributed by atoms with E-state index in [2.05, 4.69) is 30.0 Å². The molecule has 0 aliphatic carbocycles. The van der Waals surface area contributed by atoms with E-state index < -0.39 is 4.92 Å². The van der Waals surface area contributed by atoms with Gasteiger partial charge in [-0.15, -0.1) is 0 Å². The molecule has 2 aromatic carbocycles. The first-order chi connectivity index (χ1) is 13.5. The number of aryl methyl sites for hydroxylation is 1. The maximum absolute atomic E-state index is 12.5. The number of methoxy groups -OCH3 is 1. The van der Waals surface area contributed by atoms with Crippen LogP contribution in [0, 0.1) is 17.0 Å². The van der Waals surface area contributed by atoms with Gasteiger partial charge in [0, 0.05) is 37.9 Å². The first kappa shape index (κ1) is 19.5. The Morgan fingerprint density at radius 1 is 1.11 bits per heavy atom. The number of nitro benzene ring substituents is 1. The van der Waals surface area contributed by atoms with E-state index in [9.17, 15) is 14.9 Å². The fraction of sp³-hybridized carbons (Fsp3) is 0.350. The van der Waals surface area contributed by atoms with Crippen molar-refractivity contribution < 1.29 is 19.2 Å². The van der Waals surface area contributed by atoms with E-state index in [0.717, 1.165) is 18.8 Å². The van der Waals surface area contributed by atoms with E-state index in [0.29, 0.717) is 18.8 Å². The number of hydrogen-bond acceptors (Lipinski definition) is 6. The van der Waals surface area contributed by atoms with E-state index in [1.54, 1.807) is 4.90 Å². The van der Waals surface area contributed by atoms with E-state index in [4.69, 9.17) is 9.47 Å². The number of amides is 1. The Hall–Kier alpha value is -3.29. The molecule has 1 saturated heterocycles. The molecule has 1 aliphatic rings. The summed E-state index contributed by atoms with van der Waals surface area (Å²) in [4.78, 5) is 26.9. The molecule has 148 valence electrons. The van der Waals surface area contributed by atoms with Gasteiger partial charge < -0.3 is 19.3 Å². The van der Waals surface area contributed by atoms with Gasteiger partial charge in [0.1, 0.15) is 0 Å². The third-order valence-electron chi connectivity index (χ3n) is 4.71. The SMILES string of the molecule is COc1ccc([N+](=O)[O-])cc1OCC(=O)N1CCN(c2cccc(C)c2)CC1. The quantitative estimate of drug-likeness (QED) is 0.561. The number of non-ortho nitro benzene ring substituents is 1. The minimum atomic E-state index is -0.515. The third-order valence-corrected chi connectivity index (χ3v) is 4.71. The highest BCUT2D eigenvalue weighted by Gasteiger charge is 2.22. The van der Waals surface area contributed by atoms with Gasteiger partial charge in [0.15, 0.2) is 18.1 Å². The summed E-state index contributed by atoms with van der Waals surface area (Å²) >= 11 is 0. The summed E-state index contributed by atoms with van der Waals surface area (Å²) in [6.07, 6.45) is 0. The van der Waals surface area contributed by atoms with Gasteiger partial charge in [0.05, 0.1) is 18.1 Å². The summed E-state index contributed by atoms with van der Waals surface area (Å²) in [5.74, 6) is 0.378. The van der Waals surface area contributed by atoms with Crippen molar-refractivity contribution in [2.45, 2.75) is 6.92 Å². The Morgan fingerprint density at radius 3 is 2.50 bits per heavy atom. The van der Waals surface area contributed by atoms with Crippen LogP contribution in [0.4, 0.5) is 11.4 Å². The molecule has 0 bridgehead atoms. The number of rotatable bonds is 6. The average molecular weight is 385 g/mol. The smallest absolute Gasteiger partial charge is 0.273 e. The standard InChI is InChI=1S/C20H23N3O5/c1-15-4-3-5-16(12-15)21-8-10-22(11-9-21)20(24)14-28-19-13-17(23(25)26)6-7-18(19)27-2/h3-7,12-13H,8-11,14H2,1-2H3. The van der Waals surface area contributed by atoms with Crippen molar-refractivity contribution in [2.75, 3.05) is 44.8 Å². The summed E-state index contributed by atoms with van der Waals surface area (Å²) in [5.41, 5.74) is 2.25. The Labute approximate surface area is 163 Å². The molecule has 0 N–H and O–H groups in total. The molecule has 2 aromatic rings. The maximum Gasteiger partial charge on any atom is 0.273 e. The lowest BCUT2D eigenvalue weighted by Gasteiger charge is -2.36.